The second kappa shape index (κ2) is 8.28. The van der Waals surface area contributed by atoms with Crippen LogP contribution in [0.25, 0.3) is 33.1 Å². The third kappa shape index (κ3) is 3.70. The summed E-state index contributed by atoms with van der Waals surface area (Å²) < 4.78 is 13.8. The Morgan fingerprint density at radius 3 is 2.71 bits per heavy atom. The molecule has 2 unspecified atom stereocenters. The van der Waals surface area contributed by atoms with E-state index in [0.717, 1.165) is 37.0 Å². The molecule has 0 aliphatic heterocycles. The van der Waals surface area contributed by atoms with E-state index in [0.29, 0.717) is 38.9 Å². The number of carbonyl (C=O) groups is 1. The molecule has 11 heteroatoms. The van der Waals surface area contributed by atoms with Gasteiger partial charge in [0.2, 0.25) is 0 Å². The van der Waals surface area contributed by atoms with Gasteiger partial charge in [0.05, 0.1) is 28.2 Å². The summed E-state index contributed by atoms with van der Waals surface area (Å²) in [5.41, 5.74) is 2.21. The number of nitrogens with one attached hydrogen (secondary N) is 2. The number of H-pyrrole nitrogens is 1. The number of anilines is 1. The van der Waals surface area contributed by atoms with Crippen molar-refractivity contribution < 1.29 is 14.3 Å². The normalized spacial score (nSPS) is 23.9. The van der Waals surface area contributed by atoms with Crippen LogP contribution in [0.15, 0.2) is 30.6 Å². The van der Waals surface area contributed by atoms with Gasteiger partial charge < -0.3 is 15.4 Å². The van der Waals surface area contributed by atoms with Gasteiger partial charge in [-0.25, -0.2) is 19.9 Å². The van der Waals surface area contributed by atoms with Crippen molar-refractivity contribution in [2.45, 2.75) is 31.7 Å². The summed E-state index contributed by atoms with van der Waals surface area (Å²) in [6.07, 6.45) is 7.06. The Hall–Kier alpha value is -3.11. The third-order valence-electron chi connectivity index (χ3n) is 6.96. The Morgan fingerprint density at radius 1 is 1.18 bits per heavy atom. The maximum atomic E-state index is 13.8. The first-order valence-corrected chi connectivity index (χ1v) is 12.3. The number of hydrogen-bond acceptors (Lipinski definition) is 7. The van der Waals surface area contributed by atoms with Crippen LogP contribution >= 0.6 is 22.9 Å². The molecule has 0 saturated heterocycles. The monoisotopic (exact) mass is 498 g/mol. The van der Waals surface area contributed by atoms with Crippen molar-refractivity contribution >= 4 is 45.9 Å². The number of hydrogen-bond donors (Lipinski definition) is 3. The SMILES string of the molecule is O=C(O)C1C2CCC(CC2)C1Nc1cc(-c2ccc(F)s2)nc(-c2c[nH]c3ncc(Cl)nc23)n1. The fraction of sp³-hybridized carbons (Fsp3) is 0.348. The van der Waals surface area contributed by atoms with E-state index in [1.54, 1.807) is 18.3 Å². The lowest BCUT2D eigenvalue weighted by atomic mass is 9.61. The van der Waals surface area contributed by atoms with Gasteiger partial charge in [0.1, 0.15) is 16.5 Å². The van der Waals surface area contributed by atoms with Crippen LogP contribution in [0.1, 0.15) is 25.7 Å². The summed E-state index contributed by atoms with van der Waals surface area (Å²) in [7, 11) is 0. The van der Waals surface area contributed by atoms with E-state index in [-0.39, 0.29) is 28.2 Å². The van der Waals surface area contributed by atoms with E-state index in [4.69, 9.17) is 16.6 Å². The van der Waals surface area contributed by atoms with Gasteiger partial charge in [0, 0.05) is 18.3 Å². The topological polar surface area (TPSA) is 117 Å². The maximum Gasteiger partial charge on any atom is 0.308 e. The summed E-state index contributed by atoms with van der Waals surface area (Å²) in [6, 6.07) is 4.60. The molecular formula is C23H20ClFN6O2S. The van der Waals surface area contributed by atoms with Crippen molar-refractivity contribution in [3.8, 4) is 22.0 Å². The zero-order valence-electron chi connectivity index (χ0n) is 17.8. The highest BCUT2D eigenvalue weighted by Crippen LogP contribution is 2.46. The van der Waals surface area contributed by atoms with Crippen LogP contribution in [0, 0.1) is 22.9 Å². The van der Waals surface area contributed by atoms with Crippen LogP contribution in [-0.4, -0.2) is 42.0 Å². The molecule has 3 aliphatic carbocycles. The molecule has 3 saturated carbocycles. The average molecular weight is 499 g/mol. The molecule has 0 amide bonds. The maximum absolute atomic E-state index is 13.8. The van der Waals surface area contributed by atoms with Gasteiger partial charge in [0.15, 0.2) is 16.6 Å². The number of carboxylic acids is 1. The van der Waals surface area contributed by atoms with Crippen LogP contribution < -0.4 is 5.32 Å². The lowest BCUT2D eigenvalue weighted by molar-refractivity contribution is -0.148. The fourth-order valence-corrected chi connectivity index (χ4v) is 6.27. The van der Waals surface area contributed by atoms with Crippen molar-refractivity contribution in [3.05, 3.63) is 40.9 Å². The van der Waals surface area contributed by atoms with E-state index in [1.165, 1.54) is 12.3 Å². The van der Waals surface area contributed by atoms with E-state index >= 15 is 0 Å². The van der Waals surface area contributed by atoms with E-state index in [2.05, 4.69) is 25.3 Å². The van der Waals surface area contributed by atoms with Gasteiger partial charge in [-0.15, -0.1) is 11.3 Å². The number of carboxylic acid groups (broad SMARTS) is 1. The molecule has 2 atom stereocenters. The predicted molar refractivity (Wildman–Crippen MR) is 127 cm³/mol. The minimum atomic E-state index is -0.775. The van der Waals surface area contributed by atoms with Gasteiger partial charge in [0.25, 0.3) is 0 Å². The lowest BCUT2D eigenvalue weighted by Crippen LogP contribution is -2.51. The van der Waals surface area contributed by atoms with Crippen molar-refractivity contribution in [2.75, 3.05) is 5.32 Å². The Morgan fingerprint density at radius 2 is 1.97 bits per heavy atom. The fourth-order valence-electron chi connectivity index (χ4n) is 5.44. The summed E-state index contributed by atoms with van der Waals surface area (Å²) in [5, 5.41) is 13.3. The van der Waals surface area contributed by atoms with Gasteiger partial charge in [-0.05, 0) is 49.7 Å². The second-order valence-corrected chi connectivity index (χ2v) is 10.3. The number of aromatic nitrogens is 5. The quantitative estimate of drug-likeness (QED) is 0.344. The number of aliphatic carboxylic acids is 1. The molecule has 3 aliphatic rings. The van der Waals surface area contributed by atoms with E-state index in [9.17, 15) is 14.3 Å². The summed E-state index contributed by atoms with van der Waals surface area (Å²) >= 11 is 7.06. The van der Waals surface area contributed by atoms with Gasteiger partial charge in [-0.1, -0.05) is 11.6 Å². The van der Waals surface area contributed by atoms with Gasteiger partial charge >= 0.3 is 5.97 Å². The Bertz CT molecular complexity index is 1400. The summed E-state index contributed by atoms with van der Waals surface area (Å²) in [4.78, 5) is 33.8. The molecule has 3 fully saturated rings. The number of halogens is 2. The Labute approximate surface area is 202 Å². The van der Waals surface area contributed by atoms with Gasteiger partial charge in [-0.3, -0.25) is 4.79 Å². The molecule has 4 aromatic rings. The molecule has 8 nitrogen and oxygen atoms in total. The molecule has 34 heavy (non-hydrogen) atoms. The molecule has 7 rings (SSSR count). The first-order valence-electron chi connectivity index (χ1n) is 11.1. The molecule has 3 N–H and O–H groups in total. The molecule has 174 valence electrons. The zero-order chi connectivity index (χ0) is 23.4. The molecule has 0 spiro atoms. The van der Waals surface area contributed by atoms with Crippen molar-refractivity contribution in [3.63, 3.8) is 0 Å². The third-order valence-corrected chi connectivity index (χ3v) is 8.04. The zero-order valence-corrected chi connectivity index (χ0v) is 19.4. The largest absolute Gasteiger partial charge is 0.481 e. The molecule has 0 radical (unpaired) electrons. The van der Waals surface area contributed by atoms with E-state index < -0.39 is 11.9 Å². The number of thiophene rings is 1. The number of fused-ring (bicyclic) bond motifs is 4. The van der Waals surface area contributed by atoms with Crippen molar-refractivity contribution in [2.24, 2.45) is 17.8 Å². The summed E-state index contributed by atoms with van der Waals surface area (Å²) in [6.45, 7) is 0. The van der Waals surface area contributed by atoms with Crippen molar-refractivity contribution in [1.82, 2.24) is 24.9 Å². The van der Waals surface area contributed by atoms with Crippen LogP contribution in [-0.2, 0) is 4.79 Å². The number of rotatable bonds is 5. The van der Waals surface area contributed by atoms with Crippen LogP contribution in [0.5, 0.6) is 0 Å². The minimum absolute atomic E-state index is 0.165. The standard InChI is InChI=1S/C23H20ClFN6O2S/c24-15-9-27-22-20(29-15)12(8-26-22)21-28-13(14-5-6-16(25)34-14)7-17(31-21)30-19-11-3-1-10(2-4-11)18(19)23(32)33/h5-11,18-19H,1-4H2,(H,26,27)(H,32,33)(H,28,30,31). The number of aromatic amines is 1. The molecule has 2 bridgehead atoms. The molecule has 0 aromatic carbocycles. The van der Waals surface area contributed by atoms with E-state index in [1.807, 2.05) is 0 Å². The molecular weight excluding hydrogens is 479 g/mol. The molecule has 4 aromatic heterocycles. The predicted octanol–water partition coefficient (Wildman–Crippen LogP) is 5.24. The first kappa shape index (κ1) is 21.4. The average Bonchev–Trinajstić information content (AvgIpc) is 3.45. The van der Waals surface area contributed by atoms with Gasteiger partial charge in [-0.2, -0.15) is 4.39 Å². The second-order valence-electron chi connectivity index (χ2n) is 8.87. The van der Waals surface area contributed by atoms with Crippen LogP contribution in [0.4, 0.5) is 10.2 Å². The molecule has 4 heterocycles. The smallest absolute Gasteiger partial charge is 0.308 e. The van der Waals surface area contributed by atoms with Crippen LogP contribution in [0.3, 0.4) is 0 Å². The first-order chi connectivity index (χ1) is 16.5. The van der Waals surface area contributed by atoms with Crippen molar-refractivity contribution in [1.29, 1.82) is 0 Å². The van der Waals surface area contributed by atoms with Crippen LogP contribution in [0.2, 0.25) is 5.15 Å². The lowest BCUT2D eigenvalue weighted by Gasteiger charge is -2.47. The highest BCUT2D eigenvalue weighted by Gasteiger charge is 2.47. The highest BCUT2D eigenvalue weighted by molar-refractivity contribution is 7.13. The Kier molecular flexibility index (Phi) is 5.22. The summed E-state index contributed by atoms with van der Waals surface area (Å²) in [5.74, 6) is 0.0594. The number of nitrogens with zero attached hydrogens (tertiary/aromatic N) is 4. The highest BCUT2D eigenvalue weighted by atomic mass is 35.5. The Balaban J connectivity index is 1.46. The minimum Gasteiger partial charge on any atom is -0.481 e.